The lowest BCUT2D eigenvalue weighted by Gasteiger charge is -2.26. The van der Waals surface area contributed by atoms with Crippen molar-refractivity contribution in [1.82, 2.24) is 10.3 Å². The minimum Gasteiger partial charge on any atom is -0.355 e. The normalized spacial score (nSPS) is 12.1. The first-order valence-corrected chi connectivity index (χ1v) is 8.35. The molecule has 0 fully saturated rings. The molecule has 3 nitrogen and oxygen atoms in total. The molecular formula is C19H25N3S. The van der Waals surface area contributed by atoms with Crippen molar-refractivity contribution in [3.05, 3.63) is 58.8 Å². The molecule has 2 N–H and O–H groups in total. The van der Waals surface area contributed by atoms with E-state index in [1.165, 1.54) is 16.7 Å². The Labute approximate surface area is 144 Å². The molecule has 0 unspecified atom stereocenters. The number of aryl methyl sites for hydroxylation is 3. The Morgan fingerprint density at radius 1 is 1.09 bits per heavy atom. The molecule has 0 radical (unpaired) electrons. The van der Waals surface area contributed by atoms with Gasteiger partial charge in [-0.25, -0.2) is 4.98 Å². The summed E-state index contributed by atoms with van der Waals surface area (Å²) >= 11 is 5.50. The molecule has 0 saturated heterocycles. The summed E-state index contributed by atoms with van der Waals surface area (Å²) in [6, 6.07) is 10.7. The molecule has 23 heavy (non-hydrogen) atoms. The van der Waals surface area contributed by atoms with Gasteiger partial charge in [0.2, 0.25) is 0 Å². The third-order valence-corrected chi connectivity index (χ3v) is 4.17. The van der Waals surface area contributed by atoms with Crippen LogP contribution in [0.15, 0.2) is 36.5 Å². The number of benzene rings is 1. The number of nitrogens with one attached hydrogen (secondary N) is 2. The van der Waals surface area contributed by atoms with Crippen molar-refractivity contribution in [1.29, 1.82) is 0 Å². The molecule has 1 heterocycles. The maximum Gasteiger partial charge on any atom is 0.172 e. The van der Waals surface area contributed by atoms with Gasteiger partial charge in [0.05, 0.1) is 6.04 Å². The van der Waals surface area contributed by atoms with Gasteiger partial charge in [-0.15, -0.1) is 0 Å². The molecule has 1 atom stereocenters. The average Bonchev–Trinajstić information content (AvgIpc) is 2.48. The van der Waals surface area contributed by atoms with Crippen LogP contribution in [0.1, 0.15) is 42.1 Å². The SMILES string of the molecule is Cc1ccc([C@H](NC(=S)Nc2ncccc2C)C(C)C)c(C)c1. The van der Waals surface area contributed by atoms with E-state index >= 15 is 0 Å². The number of pyridine rings is 1. The van der Waals surface area contributed by atoms with Gasteiger partial charge in [-0.2, -0.15) is 0 Å². The fourth-order valence-corrected chi connectivity index (χ4v) is 2.90. The monoisotopic (exact) mass is 327 g/mol. The molecule has 0 amide bonds. The number of nitrogens with zero attached hydrogens (tertiary/aromatic N) is 1. The van der Waals surface area contributed by atoms with E-state index in [0.717, 1.165) is 11.4 Å². The quantitative estimate of drug-likeness (QED) is 0.799. The van der Waals surface area contributed by atoms with Crippen molar-refractivity contribution in [2.45, 2.75) is 40.7 Å². The molecule has 0 aliphatic heterocycles. The molecular weight excluding hydrogens is 302 g/mol. The number of aromatic nitrogens is 1. The van der Waals surface area contributed by atoms with Crippen molar-refractivity contribution < 1.29 is 0 Å². The zero-order chi connectivity index (χ0) is 17.0. The molecule has 0 saturated carbocycles. The second kappa shape index (κ2) is 7.55. The van der Waals surface area contributed by atoms with E-state index in [1.54, 1.807) is 6.20 Å². The van der Waals surface area contributed by atoms with Gasteiger partial charge in [0.25, 0.3) is 0 Å². The predicted octanol–water partition coefficient (Wildman–Crippen LogP) is 4.69. The van der Waals surface area contributed by atoms with Crippen LogP contribution in [0, 0.1) is 26.7 Å². The van der Waals surface area contributed by atoms with Crippen LogP contribution in [0.4, 0.5) is 5.82 Å². The Bertz CT molecular complexity index is 695. The smallest absolute Gasteiger partial charge is 0.172 e. The highest BCUT2D eigenvalue weighted by Crippen LogP contribution is 2.25. The molecule has 1 aromatic carbocycles. The molecule has 0 spiro atoms. The standard InChI is InChI=1S/C19H25N3S/c1-12(2)17(16-9-8-13(3)11-15(16)5)21-19(23)22-18-14(4)7-6-10-20-18/h6-12,17H,1-5H3,(H2,20,21,22,23)/t17-/m1/s1. The van der Waals surface area contributed by atoms with E-state index in [1.807, 2.05) is 19.1 Å². The van der Waals surface area contributed by atoms with E-state index in [9.17, 15) is 0 Å². The minimum atomic E-state index is 0.166. The Morgan fingerprint density at radius 2 is 1.83 bits per heavy atom. The van der Waals surface area contributed by atoms with Crippen LogP contribution in [0.5, 0.6) is 0 Å². The summed E-state index contributed by atoms with van der Waals surface area (Å²) in [5.74, 6) is 1.22. The minimum absolute atomic E-state index is 0.166. The first kappa shape index (κ1) is 17.4. The van der Waals surface area contributed by atoms with Crippen LogP contribution < -0.4 is 10.6 Å². The Kier molecular flexibility index (Phi) is 5.72. The van der Waals surface area contributed by atoms with E-state index < -0.39 is 0 Å². The van der Waals surface area contributed by atoms with E-state index in [-0.39, 0.29) is 6.04 Å². The van der Waals surface area contributed by atoms with Crippen LogP contribution in [0.3, 0.4) is 0 Å². The van der Waals surface area contributed by atoms with Gasteiger partial charge in [-0.3, -0.25) is 0 Å². The van der Waals surface area contributed by atoms with Gasteiger partial charge in [0, 0.05) is 6.20 Å². The number of thiocarbonyl (C=S) groups is 1. The Hall–Kier alpha value is -1.94. The Morgan fingerprint density at radius 3 is 2.43 bits per heavy atom. The van der Waals surface area contributed by atoms with Gasteiger partial charge in [0.15, 0.2) is 5.11 Å². The fourth-order valence-electron chi connectivity index (χ4n) is 2.68. The second-order valence-electron chi connectivity index (χ2n) is 6.35. The average molecular weight is 327 g/mol. The molecule has 2 aromatic rings. The Balaban J connectivity index is 2.16. The van der Waals surface area contributed by atoms with Crippen LogP contribution >= 0.6 is 12.2 Å². The number of hydrogen-bond acceptors (Lipinski definition) is 2. The highest BCUT2D eigenvalue weighted by Gasteiger charge is 2.19. The maximum absolute atomic E-state index is 5.50. The molecule has 0 aliphatic carbocycles. The highest BCUT2D eigenvalue weighted by molar-refractivity contribution is 7.80. The topological polar surface area (TPSA) is 37.0 Å². The lowest BCUT2D eigenvalue weighted by molar-refractivity contribution is 0.471. The number of anilines is 1. The molecule has 0 aliphatic rings. The third kappa shape index (κ3) is 4.52. The van der Waals surface area contributed by atoms with Gasteiger partial charge in [-0.1, -0.05) is 43.7 Å². The first-order chi connectivity index (χ1) is 10.9. The number of rotatable bonds is 4. The van der Waals surface area contributed by atoms with E-state index in [2.05, 4.69) is 61.5 Å². The van der Waals surface area contributed by atoms with Crippen molar-refractivity contribution in [3.63, 3.8) is 0 Å². The lowest BCUT2D eigenvalue weighted by atomic mass is 9.92. The van der Waals surface area contributed by atoms with Crippen LogP contribution in [-0.4, -0.2) is 10.1 Å². The molecule has 4 heteroatoms. The summed E-state index contributed by atoms with van der Waals surface area (Å²) in [6.07, 6.45) is 1.77. The zero-order valence-corrected chi connectivity index (χ0v) is 15.3. The van der Waals surface area contributed by atoms with Crippen molar-refractivity contribution in [2.75, 3.05) is 5.32 Å². The van der Waals surface area contributed by atoms with Gasteiger partial charge >= 0.3 is 0 Å². The van der Waals surface area contributed by atoms with Crippen LogP contribution in [-0.2, 0) is 0 Å². The summed E-state index contributed by atoms with van der Waals surface area (Å²) in [7, 11) is 0. The van der Waals surface area contributed by atoms with Crippen LogP contribution in [0.2, 0.25) is 0 Å². The molecule has 0 bridgehead atoms. The molecule has 2 rings (SSSR count). The summed E-state index contributed by atoms with van der Waals surface area (Å²) in [6.45, 7) is 10.7. The van der Waals surface area contributed by atoms with Crippen molar-refractivity contribution >= 4 is 23.1 Å². The van der Waals surface area contributed by atoms with Crippen molar-refractivity contribution in [2.24, 2.45) is 5.92 Å². The van der Waals surface area contributed by atoms with Crippen LogP contribution in [0.25, 0.3) is 0 Å². The lowest BCUT2D eigenvalue weighted by Crippen LogP contribution is -2.35. The van der Waals surface area contributed by atoms with Crippen molar-refractivity contribution in [3.8, 4) is 0 Å². The predicted molar refractivity (Wildman–Crippen MR) is 102 cm³/mol. The van der Waals surface area contributed by atoms with Gasteiger partial charge in [0.1, 0.15) is 5.82 Å². The molecule has 122 valence electrons. The van der Waals surface area contributed by atoms with Gasteiger partial charge in [-0.05, 0) is 61.7 Å². The zero-order valence-electron chi connectivity index (χ0n) is 14.5. The van der Waals surface area contributed by atoms with E-state index in [0.29, 0.717) is 11.0 Å². The van der Waals surface area contributed by atoms with E-state index in [4.69, 9.17) is 12.2 Å². The summed E-state index contributed by atoms with van der Waals surface area (Å²) in [4.78, 5) is 4.33. The second-order valence-corrected chi connectivity index (χ2v) is 6.76. The summed E-state index contributed by atoms with van der Waals surface area (Å²) in [5, 5.41) is 7.26. The third-order valence-electron chi connectivity index (χ3n) is 3.96. The first-order valence-electron chi connectivity index (χ1n) is 7.94. The number of hydrogen-bond donors (Lipinski definition) is 2. The summed E-state index contributed by atoms with van der Waals surface area (Å²) in [5.41, 5.74) is 4.92. The maximum atomic E-state index is 5.50. The highest BCUT2D eigenvalue weighted by atomic mass is 32.1. The van der Waals surface area contributed by atoms with Gasteiger partial charge < -0.3 is 10.6 Å². The largest absolute Gasteiger partial charge is 0.355 e. The summed E-state index contributed by atoms with van der Waals surface area (Å²) < 4.78 is 0. The fraction of sp³-hybridized carbons (Fsp3) is 0.368. The molecule has 1 aromatic heterocycles.